The molecule has 4 rings (SSSR count). The van der Waals surface area contributed by atoms with E-state index < -0.39 is 0 Å². The maximum absolute atomic E-state index is 13.2. The Bertz CT molecular complexity index is 956. The van der Waals surface area contributed by atoms with Crippen molar-refractivity contribution in [3.8, 4) is 22.7 Å². The van der Waals surface area contributed by atoms with Crippen LogP contribution in [0.1, 0.15) is 16.1 Å². The predicted octanol–water partition coefficient (Wildman–Crippen LogP) is 3.33. The first-order chi connectivity index (χ1) is 13.7. The Balaban J connectivity index is 1.76. The first-order valence-corrected chi connectivity index (χ1v) is 9.34. The molecule has 0 bridgehead atoms. The fourth-order valence-corrected chi connectivity index (χ4v) is 3.25. The van der Waals surface area contributed by atoms with Crippen LogP contribution in [0.15, 0.2) is 54.6 Å². The Labute approximate surface area is 164 Å². The molecule has 0 spiro atoms. The Morgan fingerprint density at radius 2 is 1.71 bits per heavy atom. The molecule has 0 aliphatic carbocycles. The summed E-state index contributed by atoms with van der Waals surface area (Å²) >= 11 is 0. The van der Waals surface area contributed by atoms with E-state index in [0.29, 0.717) is 32.0 Å². The highest BCUT2D eigenvalue weighted by molar-refractivity contribution is 5.94. The number of aryl methyl sites for hydroxylation is 1. The number of methoxy groups -OCH3 is 1. The van der Waals surface area contributed by atoms with Gasteiger partial charge >= 0.3 is 0 Å². The zero-order valence-corrected chi connectivity index (χ0v) is 16.1. The molecular weight excluding hydrogens is 354 g/mol. The Morgan fingerprint density at radius 1 is 1.04 bits per heavy atom. The fourth-order valence-electron chi connectivity index (χ4n) is 3.25. The summed E-state index contributed by atoms with van der Waals surface area (Å²) < 4.78 is 12.3. The van der Waals surface area contributed by atoms with Gasteiger partial charge in [0.05, 0.1) is 31.7 Å². The number of amides is 1. The largest absolute Gasteiger partial charge is 0.497 e. The second kappa shape index (κ2) is 7.86. The molecule has 6 nitrogen and oxygen atoms in total. The first-order valence-electron chi connectivity index (χ1n) is 9.34. The number of ether oxygens (including phenoxy) is 2. The molecule has 2 heterocycles. The third kappa shape index (κ3) is 3.64. The summed E-state index contributed by atoms with van der Waals surface area (Å²) in [6.07, 6.45) is 0. The minimum atomic E-state index is -0.0314. The second-order valence-electron chi connectivity index (χ2n) is 6.80. The van der Waals surface area contributed by atoms with Crippen LogP contribution in [0.2, 0.25) is 0 Å². The summed E-state index contributed by atoms with van der Waals surface area (Å²) in [5.74, 6) is 0.752. The fraction of sp³-hybridized carbons (Fsp3) is 0.273. The number of hydrogen-bond donors (Lipinski definition) is 0. The van der Waals surface area contributed by atoms with Crippen molar-refractivity contribution in [3.63, 3.8) is 0 Å². The van der Waals surface area contributed by atoms with Gasteiger partial charge in [0.1, 0.15) is 11.4 Å². The monoisotopic (exact) mass is 377 g/mol. The minimum Gasteiger partial charge on any atom is -0.497 e. The Hall–Kier alpha value is -3.12. The smallest absolute Gasteiger partial charge is 0.272 e. The summed E-state index contributed by atoms with van der Waals surface area (Å²) in [6, 6.07) is 17.5. The van der Waals surface area contributed by atoms with E-state index in [1.54, 1.807) is 11.8 Å². The predicted molar refractivity (Wildman–Crippen MR) is 107 cm³/mol. The average Bonchev–Trinajstić information content (AvgIpc) is 3.20. The minimum absolute atomic E-state index is 0.0314. The zero-order chi connectivity index (χ0) is 19.5. The molecule has 6 heteroatoms. The number of aromatic nitrogens is 2. The number of nitrogens with zero attached hydrogens (tertiary/aromatic N) is 3. The summed E-state index contributed by atoms with van der Waals surface area (Å²) in [4.78, 5) is 15.0. The van der Waals surface area contributed by atoms with Crippen LogP contribution < -0.4 is 4.74 Å². The van der Waals surface area contributed by atoms with Crippen LogP contribution in [-0.2, 0) is 4.74 Å². The van der Waals surface area contributed by atoms with Crippen LogP contribution in [0, 0.1) is 6.92 Å². The molecule has 1 saturated heterocycles. The van der Waals surface area contributed by atoms with Gasteiger partial charge in [0, 0.05) is 18.7 Å². The summed E-state index contributed by atoms with van der Waals surface area (Å²) in [5, 5.41) is 4.75. The zero-order valence-electron chi connectivity index (χ0n) is 16.1. The maximum atomic E-state index is 13.2. The molecule has 144 valence electrons. The summed E-state index contributed by atoms with van der Waals surface area (Å²) in [7, 11) is 1.64. The van der Waals surface area contributed by atoms with Crippen LogP contribution in [0.3, 0.4) is 0 Å². The van der Waals surface area contributed by atoms with Crippen molar-refractivity contribution in [1.82, 2.24) is 14.7 Å². The SMILES string of the molecule is COc1ccc(-c2cc(C(=O)N3CCOCC3)n(-c3ccc(C)cc3)n2)cc1. The molecule has 1 aromatic heterocycles. The number of carbonyl (C=O) groups excluding carboxylic acids is 1. The van der Waals surface area contributed by atoms with Crippen LogP contribution >= 0.6 is 0 Å². The van der Waals surface area contributed by atoms with Crippen LogP contribution in [0.25, 0.3) is 16.9 Å². The molecule has 1 amide bonds. The standard InChI is InChI=1S/C22H23N3O3/c1-16-3-7-18(8-4-16)25-21(22(26)24-11-13-28-14-12-24)15-20(23-25)17-5-9-19(27-2)10-6-17/h3-10,15H,11-14H2,1-2H3. The lowest BCUT2D eigenvalue weighted by molar-refractivity contribution is 0.0297. The van der Waals surface area contributed by atoms with Crippen LogP contribution in [-0.4, -0.2) is 54.0 Å². The molecule has 0 saturated carbocycles. The molecule has 28 heavy (non-hydrogen) atoms. The molecule has 0 unspecified atom stereocenters. The highest BCUT2D eigenvalue weighted by Crippen LogP contribution is 2.25. The lowest BCUT2D eigenvalue weighted by atomic mass is 10.1. The molecular formula is C22H23N3O3. The highest BCUT2D eigenvalue weighted by atomic mass is 16.5. The van der Waals surface area contributed by atoms with E-state index in [9.17, 15) is 4.79 Å². The van der Waals surface area contributed by atoms with E-state index in [4.69, 9.17) is 14.6 Å². The van der Waals surface area contributed by atoms with Crippen molar-refractivity contribution in [2.45, 2.75) is 6.92 Å². The molecule has 0 N–H and O–H groups in total. The summed E-state index contributed by atoms with van der Waals surface area (Å²) in [6.45, 7) is 4.35. The average molecular weight is 377 g/mol. The van der Waals surface area contributed by atoms with Gasteiger partial charge in [-0.1, -0.05) is 17.7 Å². The van der Waals surface area contributed by atoms with Crippen molar-refractivity contribution in [2.24, 2.45) is 0 Å². The van der Waals surface area contributed by atoms with Crippen molar-refractivity contribution in [2.75, 3.05) is 33.4 Å². The van der Waals surface area contributed by atoms with Gasteiger partial charge in [0.25, 0.3) is 5.91 Å². The second-order valence-corrected chi connectivity index (χ2v) is 6.80. The maximum Gasteiger partial charge on any atom is 0.272 e. The number of hydrogen-bond acceptors (Lipinski definition) is 4. The van der Waals surface area contributed by atoms with Gasteiger partial charge in [-0.15, -0.1) is 0 Å². The highest BCUT2D eigenvalue weighted by Gasteiger charge is 2.24. The third-order valence-corrected chi connectivity index (χ3v) is 4.89. The van der Waals surface area contributed by atoms with Crippen molar-refractivity contribution in [3.05, 3.63) is 65.9 Å². The molecule has 0 atom stereocenters. The van der Waals surface area contributed by atoms with Crippen LogP contribution in [0.5, 0.6) is 5.75 Å². The topological polar surface area (TPSA) is 56.6 Å². The van der Waals surface area contributed by atoms with Crippen molar-refractivity contribution < 1.29 is 14.3 Å². The van der Waals surface area contributed by atoms with E-state index in [1.807, 2.05) is 66.4 Å². The number of morpholine rings is 1. The van der Waals surface area contributed by atoms with Crippen molar-refractivity contribution in [1.29, 1.82) is 0 Å². The van der Waals surface area contributed by atoms with Gasteiger partial charge in [-0.25, -0.2) is 4.68 Å². The molecule has 3 aromatic rings. The summed E-state index contributed by atoms with van der Waals surface area (Å²) in [5.41, 5.74) is 4.26. The van der Waals surface area contributed by atoms with Gasteiger partial charge in [-0.3, -0.25) is 4.79 Å². The van der Waals surface area contributed by atoms with E-state index >= 15 is 0 Å². The molecule has 2 aromatic carbocycles. The van der Waals surface area contributed by atoms with Gasteiger partial charge < -0.3 is 14.4 Å². The number of benzene rings is 2. The lowest BCUT2D eigenvalue weighted by Gasteiger charge is -2.26. The van der Waals surface area contributed by atoms with E-state index in [0.717, 1.165) is 28.3 Å². The molecule has 1 aliphatic heterocycles. The van der Waals surface area contributed by atoms with Gasteiger partial charge in [0.15, 0.2) is 0 Å². The van der Waals surface area contributed by atoms with Crippen molar-refractivity contribution >= 4 is 5.91 Å². The molecule has 1 aliphatic rings. The van der Waals surface area contributed by atoms with Gasteiger partial charge in [0.2, 0.25) is 0 Å². The quantitative estimate of drug-likeness (QED) is 0.700. The van der Waals surface area contributed by atoms with E-state index in [2.05, 4.69) is 0 Å². The van der Waals surface area contributed by atoms with Gasteiger partial charge in [-0.05, 0) is 49.4 Å². The Morgan fingerprint density at radius 3 is 2.36 bits per heavy atom. The molecule has 0 radical (unpaired) electrons. The third-order valence-electron chi connectivity index (χ3n) is 4.89. The molecule has 1 fully saturated rings. The van der Waals surface area contributed by atoms with Gasteiger partial charge in [-0.2, -0.15) is 5.10 Å². The normalized spacial score (nSPS) is 14.1. The number of carbonyl (C=O) groups is 1. The lowest BCUT2D eigenvalue weighted by Crippen LogP contribution is -2.41. The van der Waals surface area contributed by atoms with E-state index in [1.165, 1.54) is 0 Å². The first kappa shape index (κ1) is 18.3. The Kier molecular flexibility index (Phi) is 5.12. The van der Waals surface area contributed by atoms with E-state index in [-0.39, 0.29) is 5.91 Å². The van der Waals surface area contributed by atoms with Crippen LogP contribution in [0.4, 0.5) is 0 Å². The number of rotatable bonds is 4.